The maximum atomic E-state index is 12.8. The SMILES string of the molecule is CC(C)C[C@@H](C(=O)OCC(=O)NCCC1=CCCCC1)N1C(=O)c2ccccc2C1=O. The summed E-state index contributed by atoms with van der Waals surface area (Å²) in [4.78, 5) is 51.4. The summed E-state index contributed by atoms with van der Waals surface area (Å²) in [6.07, 6.45) is 7.86. The number of hydrogen-bond acceptors (Lipinski definition) is 5. The van der Waals surface area contributed by atoms with Gasteiger partial charge in [0.15, 0.2) is 6.61 Å². The number of allylic oxidation sites excluding steroid dienone is 1. The number of imide groups is 1. The van der Waals surface area contributed by atoms with Gasteiger partial charge in [-0.25, -0.2) is 4.79 Å². The van der Waals surface area contributed by atoms with E-state index in [0.29, 0.717) is 6.54 Å². The molecule has 0 saturated heterocycles. The van der Waals surface area contributed by atoms with Crippen molar-refractivity contribution in [3.63, 3.8) is 0 Å². The number of esters is 1. The number of rotatable bonds is 9. The van der Waals surface area contributed by atoms with Crippen LogP contribution in [0, 0.1) is 5.92 Å². The second-order valence-electron chi connectivity index (χ2n) is 8.49. The summed E-state index contributed by atoms with van der Waals surface area (Å²) < 4.78 is 5.21. The third kappa shape index (κ3) is 5.60. The van der Waals surface area contributed by atoms with Crippen LogP contribution in [0.5, 0.6) is 0 Å². The maximum Gasteiger partial charge on any atom is 0.329 e. The number of fused-ring (bicyclic) bond motifs is 1. The Morgan fingerprint density at radius 1 is 1.10 bits per heavy atom. The Kier molecular flexibility index (Phi) is 7.60. The van der Waals surface area contributed by atoms with Crippen molar-refractivity contribution in [3.05, 3.63) is 47.0 Å². The zero-order chi connectivity index (χ0) is 22.4. The smallest absolute Gasteiger partial charge is 0.329 e. The fourth-order valence-corrected chi connectivity index (χ4v) is 4.02. The Morgan fingerprint density at radius 3 is 2.35 bits per heavy atom. The van der Waals surface area contributed by atoms with Gasteiger partial charge in [-0.3, -0.25) is 19.3 Å². The Labute approximate surface area is 182 Å². The fourth-order valence-electron chi connectivity index (χ4n) is 4.02. The van der Waals surface area contributed by atoms with Crippen LogP contribution in [0.25, 0.3) is 0 Å². The van der Waals surface area contributed by atoms with Gasteiger partial charge < -0.3 is 10.1 Å². The molecule has 0 bridgehead atoms. The molecule has 166 valence electrons. The van der Waals surface area contributed by atoms with E-state index in [1.54, 1.807) is 24.3 Å². The van der Waals surface area contributed by atoms with Crippen LogP contribution in [-0.2, 0) is 14.3 Å². The molecule has 1 atom stereocenters. The van der Waals surface area contributed by atoms with Gasteiger partial charge in [-0.15, -0.1) is 0 Å². The number of amides is 3. The van der Waals surface area contributed by atoms with Gasteiger partial charge in [0.2, 0.25) is 0 Å². The standard InChI is InChI=1S/C24H30N2O5/c1-16(2)14-20(26-22(28)18-10-6-7-11-19(18)23(26)29)24(30)31-15-21(27)25-13-12-17-8-4-3-5-9-17/h6-8,10-11,16,20H,3-5,9,12-15H2,1-2H3,(H,25,27)/t20-/m0/s1. The minimum atomic E-state index is -1.06. The molecule has 1 heterocycles. The predicted molar refractivity (Wildman–Crippen MR) is 115 cm³/mol. The molecule has 3 rings (SSSR count). The molecule has 7 heteroatoms. The summed E-state index contributed by atoms with van der Waals surface area (Å²) >= 11 is 0. The summed E-state index contributed by atoms with van der Waals surface area (Å²) in [5.41, 5.74) is 1.92. The molecule has 31 heavy (non-hydrogen) atoms. The summed E-state index contributed by atoms with van der Waals surface area (Å²) in [6, 6.07) is 5.44. The average molecular weight is 427 g/mol. The lowest BCUT2D eigenvalue weighted by Gasteiger charge is -2.25. The summed E-state index contributed by atoms with van der Waals surface area (Å²) in [5, 5.41) is 2.76. The van der Waals surface area contributed by atoms with Gasteiger partial charge in [-0.1, -0.05) is 37.6 Å². The monoisotopic (exact) mass is 426 g/mol. The van der Waals surface area contributed by atoms with Gasteiger partial charge in [0.05, 0.1) is 11.1 Å². The van der Waals surface area contributed by atoms with Crippen LogP contribution in [-0.4, -0.2) is 47.8 Å². The highest BCUT2D eigenvalue weighted by molar-refractivity contribution is 6.22. The highest BCUT2D eigenvalue weighted by Gasteiger charge is 2.43. The first kappa shape index (κ1) is 22.7. The van der Waals surface area contributed by atoms with E-state index >= 15 is 0 Å². The maximum absolute atomic E-state index is 12.8. The number of ether oxygens (including phenoxy) is 1. The van der Waals surface area contributed by atoms with Crippen molar-refractivity contribution in [2.75, 3.05) is 13.2 Å². The summed E-state index contributed by atoms with van der Waals surface area (Å²) in [5.74, 6) is -2.11. The molecule has 1 aliphatic carbocycles. The number of nitrogens with one attached hydrogen (secondary N) is 1. The highest BCUT2D eigenvalue weighted by atomic mass is 16.5. The molecule has 0 unspecified atom stereocenters. The van der Waals surface area contributed by atoms with Crippen molar-refractivity contribution in [3.8, 4) is 0 Å². The Bertz CT molecular complexity index is 855. The van der Waals surface area contributed by atoms with E-state index in [4.69, 9.17) is 4.74 Å². The Balaban J connectivity index is 1.56. The first-order valence-electron chi connectivity index (χ1n) is 11.0. The van der Waals surface area contributed by atoms with E-state index in [2.05, 4.69) is 11.4 Å². The molecule has 0 spiro atoms. The number of carbonyl (C=O) groups excluding carboxylic acids is 4. The van der Waals surface area contributed by atoms with Crippen molar-refractivity contribution in [1.29, 1.82) is 0 Å². The van der Waals surface area contributed by atoms with Crippen molar-refractivity contribution >= 4 is 23.7 Å². The molecule has 0 aromatic heterocycles. The topological polar surface area (TPSA) is 92.8 Å². The molecular weight excluding hydrogens is 396 g/mol. The molecule has 1 N–H and O–H groups in total. The van der Waals surface area contributed by atoms with Crippen molar-refractivity contribution in [2.45, 2.75) is 58.4 Å². The lowest BCUT2D eigenvalue weighted by molar-refractivity contribution is -0.152. The minimum Gasteiger partial charge on any atom is -0.454 e. The van der Waals surface area contributed by atoms with Crippen molar-refractivity contribution < 1.29 is 23.9 Å². The zero-order valence-electron chi connectivity index (χ0n) is 18.2. The molecule has 7 nitrogen and oxygen atoms in total. The Hall–Kier alpha value is -2.96. The third-order valence-electron chi connectivity index (χ3n) is 5.60. The van der Waals surface area contributed by atoms with E-state index in [1.807, 2.05) is 13.8 Å². The minimum absolute atomic E-state index is 0.0412. The van der Waals surface area contributed by atoms with Crippen molar-refractivity contribution in [2.24, 2.45) is 5.92 Å². The molecule has 0 saturated carbocycles. The first-order chi connectivity index (χ1) is 14.9. The number of benzene rings is 1. The Morgan fingerprint density at radius 2 is 1.77 bits per heavy atom. The van der Waals surface area contributed by atoms with Crippen LogP contribution in [0.1, 0.15) is 73.1 Å². The average Bonchev–Trinajstić information content (AvgIpc) is 3.01. The number of hydrogen-bond donors (Lipinski definition) is 1. The third-order valence-corrected chi connectivity index (χ3v) is 5.60. The van der Waals surface area contributed by atoms with Crippen LogP contribution in [0.4, 0.5) is 0 Å². The van der Waals surface area contributed by atoms with E-state index in [-0.39, 0.29) is 23.5 Å². The van der Waals surface area contributed by atoms with Crippen LogP contribution in [0.2, 0.25) is 0 Å². The first-order valence-corrected chi connectivity index (χ1v) is 11.0. The van der Waals surface area contributed by atoms with Crippen LogP contribution >= 0.6 is 0 Å². The van der Waals surface area contributed by atoms with Gasteiger partial charge >= 0.3 is 5.97 Å². The van der Waals surface area contributed by atoms with Gasteiger partial charge in [0.25, 0.3) is 17.7 Å². The lowest BCUT2D eigenvalue weighted by atomic mass is 9.97. The molecule has 1 aliphatic heterocycles. The van der Waals surface area contributed by atoms with Crippen LogP contribution in [0.3, 0.4) is 0 Å². The molecular formula is C24H30N2O5. The number of carbonyl (C=O) groups is 4. The van der Waals surface area contributed by atoms with Gasteiger partial charge in [-0.05, 0) is 56.6 Å². The second-order valence-corrected chi connectivity index (χ2v) is 8.49. The summed E-state index contributed by atoms with van der Waals surface area (Å²) in [7, 11) is 0. The molecule has 3 amide bonds. The van der Waals surface area contributed by atoms with Crippen molar-refractivity contribution in [1.82, 2.24) is 10.2 Å². The molecule has 1 aromatic rings. The largest absolute Gasteiger partial charge is 0.454 e. The van der Waals surface area contributed by atoms with Crippen LogP contribution < -0.4 is 5.32 Å². The molecule has 1 aromatic carbocycles. The zero-order valence-corrected chi connectivity index (χ0v) is 18.2. The molecule has 0 fully saturated rings. The predicted octanol–water partition coefficient (Wildman–Crippen LogP) is 3.25. The lowest BCUT2D eigenvalue weighted by Crippen LogP contribution is -2.47. The summed E-state index contributed by atoms with van der Waals surface area (Å²) in [6.45, 7) is 3.85. The van der Waals surface area contributed by atoms with E-state index < -0.39 is 36.3 Å². The van der Waals surface area contributed by atoms with Gasteiger partial charge in [0, 0.05) is 6.54 Å². The van der Waals surface area contributed by atoms with E-state index in [9.17, 15) is 19.2 Å². The second kappa shape index (κ2) is 10.4. The fraction of sp³-hybridized carbons (Fsp3) is 0.500. The van der Waals surface area contributed by atoms with Gasteiger partial charge in [-0.2, -0.15) is 0 Å². The van der Waals surface area contributed by atoms with Gasteiger partial charge in [0.1, 0.15) is 6.04 Å². The quantitative estimate of drug-likeness (QED) is 0.372. The number of nitrogens with zero attached hydrogens (tertiary/aromatic N) is 1. The van der Waals surface area contributed by atoms with E-state index in [0.717, 1.165) is 24.2 Å². The normalized spacial score (nSPS) is 16.7. The molecule has 2 aliphatic rings. The molecule has 0 radical (unpaired) electrons. The van der Waals surface area contributed by atoms with Crippen LogP contribution in [0.15, 0.2) is 35.9 Å². The van der Waals surface area contributed by atoms with E-state index in [1.165, 1.54) is 18.4 Å². The highest BCUT2D eigenvalue weighted by Crippen LogP contribution is 2.27.